The number of carbonyl (C=O) groups excluding carboxylic acids is 1. The van der Waals surface area contributed by atoms with Crippen LogP contribution in [0.5, 0.6) is 0 Å². The minimum Gasteiger partial charge on any atom is -0.481 e. The number of amides is 1. The van der Waals surface area contributed by atoms with E-state index in [1.165, 1.54) is 12.1 Å². The maximum Gasteiger partial charge on any atom is 0.307 e. The molecule has 19 heavy (non-hydrogen) atoms. The minimum atomic E-state index is -0.945. The smallest absolute Gasteiger partial charge is 0.307 e. The average molecular weight is 330 g/mol. The Hall–Kier alpha value is -1.43. The van der Waals surface area contributed by atoms with Gasteiger partial charge < -0.3 is 10.4 Å². The summed E-state index contributed by atoms with van der Waals surface area (Å²) in [5.41, 5.74) is 0.335. The number of aliphatic carboxylic acids is 1. The first-order valence-corrected chi connectivity index (χ1v) is 6.77. The second-order valence-electron chi connectivity index (χ2n) is 4.60. The van der Waals surface area contributed by atoms with Gasteiger partial charge in [0.1, 0.15) is 5.82 Å². The summed E-state index contributed by atoms with van der Waals surface area (Å²) in [7, 11) is 0. The molecule has 1 saturated carbocycles. The number of anilines is 1. The van der Waals surface area contributed by atoms with Crippen molar-refractivity contribution in [1.82, 2.24) is 0 Å². The van der Waals surface area contributed by atoms with Gasteiger partial charge in [-0.3, -0.25) is 9.59 Å². The second-order valence-corrected chi connectivity index (χ2v) is 5.45. The van der Waals surface area contributed by atoms with Crippen molar-refractivity contribution in [2.24, 2.45) is 11.8 Å². The number of carbonyl (C=O) groups is 2. The molecule has 1 aliphatic carbocycles. The summed E-state index contributed by atoms with van der Waals surface area (Å²) < 4.78 is 13.6. The zero-order valence-corrected chi connectivity index (χ0v) is 11.6. The van der Waals surface area contributed by atoms with Gasteiger partial charge in [-0.25, -0.2) is 4.39 Å². The third-order valence-corrected chi connectivity index (χ3v) is 4.00. The van der Waals surface area contributed by atoms with Crippen LogP contribution in [0.2, 0.25) is 0 Å². The Morgan fingerprint density at radius 2 is 2.00 bits per heavy atom. The highest BCUT2D eigenvalue weighted by Crippen LogP contribution is 2.33. The number of benzene rings is 1. The predicted octanol–water partition coefficient (Wildman–Crippen LogP) is 3.03. The normalized spacial score (nSPS) is 22.2. The van der Waals surface area contributed by atoms with E-state index in [0.717, 1.165) is 6.42 Å². The molecule has 6 heteroatoms. The first-order valence-electron chi connectivity index (χ1n) is 5.98. The highest BCUT2D eigenvalue weighted by atomic mass is 79.9. The zero-order chi connectivity index (χ0) is 14.0. The van der Waals surface area contributed by atoms with Gasteiger partial charge in [0, 0.05) is 5.69 Å². The topological polar surface area (TPSA) is 66.4 Å². The van der Waals surface area contributed by atoms with Crippen molar-refractivity contribution in [1.29, 1.82) is 0 Å². The maximum atomic E-state index is 13.3. The van der Waals surface area contributed by atoms with Gasteiger partial charge in [-0.2, -0.15) is 0 Å². The predicted molar refractivity (Wildman–Crippen MR) is 71.2 cm³/mol. The average Bonchev–Trinajstić information content (AvgIpc) is 2.83. The van der Waals surface area contributed by atoms with Crippen LogP contribution < -0.4 is 5.32 Å². The molecule has 0 bridgehead atoms. The molecule has 102 valence electrons. The van der Waals surface area contributed by atoms with Crippen LogP contribution in [-0.2, 0) is 9.59 Å². The molecule has 1 aromatic carbocycles. The number of hydrogen-bond donors (Lipinski definition) is 2. The number of nitrogens with one attached hydrogen (secondary N) is 1. The van der Waals surface area contributed by atoms with Gasteiger partial charge in [0.15, 0.2) is 0 Å². The van der Waals surface area contributed by atoms with E-state index in [1.54, 1.807) is 6.07 Å². The highest BCUT2D eigenvalue weighted by Gasteiger charge is 2.37. The third-order valence-electron chi connectivity index (χ3n) is 3.36. The molecular weight excluding hydrogens is 317 g/mol. The van der Waals surface area contributed by atoms with E-state index in [2.05, 4.69) is 21.2 Å². The van der Waals surface area contributed by atoms with Crippen molar-refractivity contribution < 1.29 is 19.1 Å². The fraction of sp³-hybridized carbons (Fsp3) is 0.385. The molecule has 1 aliphatic rings. The molecule has 0 aliphatic heterocycles. The molecule has 0 heterocycles. The molecule has 2 rings (SSSR count). The molecule has 1 aromatic rings. The summed E-state index contributed by atoms with van der Waals surface area (Å²) in [6.45, 7) is 0. The Balaban J connectivity index is 2.08. The van der Waals surface area contributed by atoms with Crippen LogP contribution in [0.25, 0.3) is 0 Å². The summed E-state index contributed by atoms with van der Waals surface area (Å²) in [4.78, 5) is 23.0. The molecule has 2 atom stereocenters. The van der Waals surface area contributed by atoms with Crippen molar-refractivity contribution in [3.63, 3.8) is 0 Å². The van der Waals surface area contributed by atoms with Gasteiger partial charge in [0.05, 0.1) is 16.3 Å². The van der Waals surface area contributed by atoms with Gasteiger partial charge in [0.2, 0.25) is 5.91 Å². The Morgan fingerprint density at radius 3 is 2.63 bits per heavy atom. The van der Waals surface area contributed by atoms with Crippen LogP contribution >= 0.6 is 15.9 Å². The molecule has 0 aromatic heterocycles. The first kappa shape index (κ1) is 14.0. The van der Waals surface area contributed by atoms with E-state index in [0.29, 0.717) is 23.0 Å². The SMILES string of the molecule is O=C(O)C1CCCC1C(=O)Nc1ccc(Br)c(F)c1. The van der Waals surface area contributed by atoms with E-state index in [-0.39, 0.29) is 5.91 Å². The van der Waals surface area contributed by atoms with E-state index < -0.39 is 23.6 Å². The van der Waals surface area contributed by atoms with E-state index in [1.807, 2.05) is 0 Å². The molecular formula is C13H13BrFNO3. The second kappa shape index (κ2) is 5.69. The molecule has 0 radical (unpaired) electrons. The third kappa shape index (κ3) is 3.12. The molecule has 0 saturated heterocycles. The van der Waals surface area contributed by atoms with Crippen LogP contribution in [0, 0.1) is 17.7 Å². The molecule has 0 spiro atoms. The zero-order valence-electron chi connectivity index (χ0n) is 10.0. The number of halogens is 2. The van der Waals surface area contributed by atoms with Gasteiger partial charge >= 0.3 is 5.97 Å². The van der Waals surface area contributed by atoms with Crippen LogP contribution in [-0.4, -0.2) is 17.0 Å². The molecule has 1 fully saturated rings. The van der Waals surface area contributed by atoms with Crippen molar-refractivity contribution in [3.8, 4) is 0 Å². The number of carboxylic acid groups (broad SMARTS) is 1. The summed E-state index contributed by atoms with van der Waals surface area (Å²) in [6.07, 6.45) is 1.80. The Labute approximate surface area is 118 Å². The molecule has 1 amide bonds. The lowest BCUT2D eigenvalue weighted by Gasteiger charge is -2.15. The van der Waals surface area contributed by atoms with E-state index in [9.17, 15) is 14.0 Å². The monoisotopic (exact) mass is 329 g/mol. The van der Waals surface area contributed by atoms with Gasteiger partial charge in [-0.1, -0.05) is 6.42 Å². The lowest BCUT2D eigenvalue weighted by Crippen LogP contribution is -2.30. The molecule has 2 N–H and O–H groups in total. The van der Waals surface area contributed by atoms with Crippen LogP contribution in [0.3, 0.4) is 0 Å². The van der Waals surface area contributed by atoms with Crippen molar-refractivity contribution in [3.05, 3.63) is 28.5 Å². The number of carboxylic acids is 1. The first-order chi connectivity index (χ1) is 8.99. The standard InChI is InChI=1S/C13H13BrFNO3/c14-10-5-4-7(6-11(10)15)16-12(17)8-2-1-3-9(8)13(18)19/h4-6,8-9H,1-3H2,(H,16,17)(H,18,19). The highest BCUT2D eigenvalue weighted by molar-refractivity contribution is 9.10. The summed E-state index contributed by atoms with van der Waals surface area (Å²) >= 11 is 3.03. The summed E-state index contributed by atoms with van der Waals surface area (Å²) in [6, 6.07) is 4.26. The van der Waals surface area contributed by atoms with E-state index >= 15 is 0 Å². The molecule has 2 unspecified atom stereocenters. The Kier molecular flexibility index (Phi) is 4.19. The maximum absolute atomic E-state index is 13.3. The molecule has 4 nitrogen and oxygen atoms in total. The summed E-state index contributed by atoms with van der Waals surface area (Å²) in [5.74, 6) is -2.95. The lowest BCUT2D eigenvalue weighted by atomic mass is 9.95. The lowest BCUT2D eigenvalue weighted by molar-refractivity contribution is -0.145. The Bertz CT molecular complexity index is 521. The largest absolute Gasteiger partial charge is 0.481 e. The summed E-state index contributed by atoms with van der Waals surface area (Å²) in [5, 5.41) is 11.6. The van der Waals surface area contributed by atoms with Crippen molar-refractivity contribution in [2.75, 3.05) is 5.32 Å². The number of rotatable bonds is 3. The minimum absolute atomic E-state index is 0.315. The van der Waals surface area contributed by atoms with Gasteiger partial charge in [-0.05, 0) is 47.0 Å². The fourth-order valence-corrected chi connectivity index (χ4v) is 2.62. The van der Waals surface area contributed by atoms with Gasteiger partial charge in [0.25, 0.3) is 0 Å². The van der Waals surface area contributed by atoms with Crippen molar-refractivity contribution >= 4 is 33.5 Å². The number of hydrogen-bond acceptors (Lipinski definition) is 2. The van der Waals surface area contributed by atoms with Gasteiger partial charge in [-0.15, -0.1) is 0 Å². The van der Waals surface area contributed by atoms with E-state index in [4.69, 9.17) is 5.11 Å². The quantitative estimate of drug-likeness (QED) is 0.895. The van der Waals surface area contributed by atoms with Crippen molar-refractivity contribution in [2.45, 2.75) is 19.3 Å². The van der Waals surface area contributed by atoms with Crippen LogP contribution in [0.1, 0.15) is 19.3 Å². The van der Waals surface area contributed by atoms with Crippen LogP contribution in [0.4, 0.5) is 10.1 Å². The Morgan fingerprint density at radius 1 is 1.32 bits per heavy atom. The van der Waals surface area contributed by atoms with Crippen LogP contribution in [0.15, 0.2) is 22.7 Å². The fourth-order valence-electron chi connectivity index (χ4n) is 2.38.